The number of fused-ring (bicyclic) bond motifs is 2. The van der Waals surface area contributed by atoms with Crippen LogP contribution in [0.3, 0.4) is 0 Å². The monoisotopic (exact) mass is 340 g/mol. The summed E-state index contributed by atoms with van der Waals surface area (Å²) < 4.78 is 29.5. The molecule has 3 aromatic carbocycles. The normalized spacial score (nSPS) is 11.3. The SMILES string of the molecule is C=CCOS(=O)(=O)c1cccc2cc3ccccc3cc12.[Ca+2].[H-].[H-]. The quantitative estimate of drug-likeness (QED) is 0.315. The first-order chi connectivity index (χ1) is 10.1. The van der Waals surface area contributed by atoms with Crippen LogP contribution in [-0.2, 0) is 14.3 Å². The van der Waals surface area contributed by atoms with Gasteiger partial charge in [-0.1, -0.05) is 42.5 Å². The molecule has 0 heterocycles. The topological polar surface area (TPSA) is 43.4 Å². The summed E-state index contributed by atoms with van der Waals surface area (Å²) >= 11 is 0. The molecule has 0 saturated carbocycles. The average molecular weight is 340 g/mol. The predicted molar refractivity (Wildman–Crippen MR) is 92.8 cm³/mol. The van der Waals surface area contributed by atoms with Crippen LogP contribution in [0.5, 0.6) is 0 Å². The largest absolute Gasteiger partial charge is 2.00 e. The first-order valence-electron chi connectivity index (χ1n) is 6.54. The fourth-order valence-electron chi connectivity index (χ4n) is 2.36. The summed E-state index contributed by atoms with van der Waals surface area (Å²) in [5.41, 5.74) is 0. The standard InChI is InChI=1S/C17H14O3S.Ca.2H/c1-2-10-20-21(18,19)17-9-5-8-15-11-13-6-3-4-7-14(13)12-16(15)17;;;/h2-9,11-12H,1,10H2;;;/q;+2;2*-1. The van der Waals surface area contributed by atoms with Gasteiger partial charge in [0.05, 0.1) is 6.61 Å². The van der Waals surface area contributed by atoms with E-state index in [9.17, 15) is 8.42 Å². The van der Waals surface area contributed by atoms with Crippen molar-refractivity contribution in [3.05, 3.63) is 67.3 Å². The number of benzene rings is 3. The van der Waals surface area contributed by atoms with E-state index in [1.165, 1.54) is 6.08 Å². The van der Waals surface area contributed by atoms with Gasteiger partial charge in [0, 0.05) is 5.39 Å². The zero-order valence-corrected chi connectivity index (χ0v) is 15.1. The van der Waals surface area contributed by atoms with Crippen LogP contribution < -0.4 is 0 Å². The molecule has 3 rings (SSSR count). The van der Waals surface area contributed by atoms with Gasteiger partial charge < -0.3 is 2.85 Å². The van der Waals surface area contributed by atoms with E-state index in [-0.39, 0.29) is 52.1 Å². The molecule has 22 heavy (non-hydrogen) atoms. The molecule has 3 aromatic rings. The molecule has 3 nitrogen and oxygen atoms in total. The molecule has 0 N–H and O–H groups in total. The van der Waals surface area contributed by atoms with Gasteiger partial charge in [0.2, 0.25) is 0 Å². The van der Waals surface area contributed by atoms with Gasteiger partial charge in [0.1, 0.15) is 4.90 Å². The van der Waals surface area contributed by atoms with Crippen LogP contribution in [0.1, 0.15) is 2.85 Å². The van der Waals surface area contributed by atoms with E-state index < -0.39 is 10.1 Å². The van der Waals surface area contributed by atoms with Crippen molar-refractivity contribution in [2.45, 2.75) is 4.90 Å². The number of rotatable bonds is 4. The van der Waals surface area contributed by atoms with Crippen LogP contribution in [0.15, 0.2) is 72.1 Å². The Bertz CT molecular complexity index is 943. The Morgan fingerprint density at radius 3 is 2.32 bits per heavy atom. The maximum absolute atomic E-state index is 12.3. The molecule has 0 aliphatic carbocycles. The molecule has 0 unspecified atom stereocenters. The van der Waals surface area contributed by atoms with Crippen molar-refractivity contribution in [1.29, 1.82) is 0 Å². The Morgan fingerprint density at radius 1 is 1.00 bits per heavy atom. The maximum atomic E-state index is 12.3. The molecule has 0 amide bonds. The van der Waals surface area contributed by atoms with Gasteiger partial charge in [-0.25, -0.2) is 0 Å². The van der Waals surface area contributed by atoms with Crippen molar-refractivity contribution in [3.63, 3.8) is 0 Å². The van der Waals surface area contributed by atoms with Crippen LogP contribution in [0.25, 0.3) is 21.5 Å². The zero-order chi connectivity index (χ0) is 14.9. The van der Waals surface area contributed by atoms with Crippen LogP contribution >= 0.6 is 0 Å². The van der Waals surface area contributed by atoms with Gasteiger partial charge in [-0.2, -0.15) is 8.42 Å². The molecule has 0 aliphatic rings. The fourth-order valence-corrected chi connectivity index (χ4v) is 3.45. The van der Waals surface area contributed by atoms with E-state index in [1.807, 2.05) is 42.5 Å². The third-order valence-corrected chi connectivity index (χ3v) is 4.66. The maximum Gasteiger partial charge on any atom is 2.00 e. The summed E-state index contributed by atoms with van der Waals surface area (Å²) in [6, 6.07) is 16.9. The van der Waals surface area contributed by atoms with Crippen LogP contribution in [0, 0.1) is 0 Å². The van der Waals surface area contributed by atoms with Gasteiger partial charge in [0.15, 0.2) is 0 Å². The van der Waals surface area contributed by atoms with Crippen molar-refractivity contribution in [3.8, 4) is 0 Å². The van der Waals surface area contributed by atoms with Gasteiger partial charge in [-0.05, 0) is 34.4 Å². The summed E-state index contributed by atoms with van der Waals surface area (Å²) in [6.07, 6.45) is 1.41. The van der Waals surface area contributed by atoms with Crippen LogP contribution in [0.2, 0.25) is 0 Å². The van der Waals surface area contributed by atoms with E-state index in [1.54, 1.807) is 12.1 Å². The molecular formula is C17H16CaO3S. The summed E-state index contributed by atoms with van der Waals surface area (Å²) in [6.45, 7) is 3.44. The summed E-state index contributed by atoms with van der Waals surface area (Å²) in [7, 11) is -3.79. The third kappa shape index (κ3) is 3.36. The minimum atomic E-state index is -3.79. The minimum absolute atomic E-state index is 0. The van der Waals surface area contributed by atoms with Crippen molar-refractivity contribution in [1.82, 2.24) is 0 Å². The van der Waals surface area contributed by atoms with E-state index >= 15 is 0 Å². The molecular weight excluding hydrogens is 324 g/mol. The first kappa shape index (κ1) is 17.4. The Morgan fingerprint density at radius 2 is 1.64 bits per heavy atom. The van der Waals surface area contributed by atoms with Gasteiger partial charge in [-0.15, -0.1) is 6.58 Å². The molecule has 0 fully saturated rings. The Kier molecular flexibility index (Phi) is 5.64. The molecule has 0 spiro atoms. The summed E-state index contributed by atoms with van der Waals surface area (Å²) in [5, 5.41) is 3.61. The minimum Gasteiger partial charge on any atom is -1.00 e. The molecule has 5 heteroatoms. The fraction of sp³-hybridized carbons (Fsp3) is 0.0588. The molecule has 0 radical (unpaired) electrons. The van der Waals surface area contributed by atoms with Crippen LogP contribution in [0.4, 0.5) is 0 Å². The molecule has 0 saturated heterocycles. The van der Waals surface area contributed by atoms with E-state index in [2.05, 4.69) is 6.58 Å². The molecule has 110 valence electrons. The Hall–Kier alpha value is -0.910. The zero-order valence-electron chi connectivity index (χ0n) is 14.0. The van der Waals surface area contributed by atoms with E-state index in [0.717, 1.165) is 16.2 Å². The van der Waals surface area contributed by atoms with Crippen molar-refractivity contribution in [2.24, 2.45) is 0 Å². The van der Waals surface area contributed by atoms with E-state index in [4.69, 9.17) is 4.18 Å². The average Bonchev–Trinajstić information content (AvgIpc) is 2.50. The molecule has 0 aliphatic heterocycles. The third-order valence-electron chi connectivity index (χ3n) is 3.32. The number of hydrogen-bond donors (Lipinski definition) is 0. The van der Waals surface area contributed by atoms with Crippen molar-refractivity contribution < 1.29 is 15.5 Å². The molecule has 0 bridgehead atoms. The number of hydrogen-bond acceptors (Lipinski definition) is 3. The second-order valence-corrected chi connectivity index (χ2v) is 6.29. The van der Waals surface area contributed by atoms with Gasteiger partial charge in [-0.3, -0.25) is 4.18 Å². The summed E-state index contributed by atoms with van der Waals surface area (Å²) in [5.74, 6) is 0. The molecule has 0 aromatic heterocycles. The first-order valence-corrected chi connectivity index (χ1v) is 7.94. The van der Waals surface area contributed by atoms with Gasteiger partial charge in [0.25, 0.3) is 10.1 Å². The Labute approximate surface area is 162 Å². The second kappa shape index (κ2) is 7.11. The predicted octanol–water partition coefficient (Wildman–Crippen LogP) is 3.73. The smallest absolute Gasteiger partial charge is 1.00 e. The van der Waals surface area contributed by atoms with E-state index in [0.29, 0.717) is 5.39 Å². The van der Waals surface area contributed by atoms with Crippen molar-refractivity contribution in [2.75, 3.05) is 6.61 Å². The Balaban J connectivity index is 0.00000176. The second-order valence-electron chi connectivity index (χ2n) is 4.70. The molecule has 0 atom stereocenters. The van der Waals surface area contributed by atoms with Crippen molar-refractivity contribution >= 4 is 69.4 Å². The van der Waals surface area contributed by atoms with Gasteiger partial charge >= 0.3 is 37.7 Å². The van der Waals surface area contributed by atoms with Crippen LogP contribution in [-0.4, -0.2) is 52.8 Å². The summed E-state index contributed by atoms with van der Waals surface area (Å²) in [4.78, 5) is 0.188.